The van der Waals surface area contributed by atoms with E-state index in [9.17, 15) is 0 Å². The Kier molecular flexibility index (Phi) is 3.29. The van der Waals surface area contributed by atoms with Crippen molar-refractivity contribution in [3.05, 3.63) is 17.8 Å². The molecular formula is C12H20N4. The molecular weight excluding hydrogens is 200 g/mol. The predicted molar refractivity (Wildman–Crippen MR) is 67.7 cm³/mol. The Morgan fingerprint density at radius 2 is 2.00 bits per heavy atom. The summed E-state index contributed by atoms with van der Waals surface area (Å²) in [5.74, 6) is 1.06. The molecule has 1 aromatic rings. The van der Waals surface area contributed by atoms with E-state index in [0.717, 1.165) is 36.8 Å². The summed E-state index contributed by atoms with van der Waals surface area (Å²) in [6.45, 7) is 6.37. The molecule has 1 saturated heterocycles. The van der Waals surface area contributed by atoms with Gasteiger partial charge in [0.1, 0.15) is 5.82 Å². The monoisotopic (exact) mass is 220 g/mol. The lowest BCUT2D eigenvalue weighted by Gasteiger charge is -2.22. The Morgan fingerprint density at radius 1 is 1.19 bits per heavy atom. The van der Waals surface area contributed by atoms with Crippen molar-refractivity contribution in [2.45, 2.75) is 13.3 Å². The molecule has 2 heterocycles. The largest absolute Gasteiger partial charge is 0.397 e. The zero-order valence-electron chi connectivity index (χ0n) is 10.1. The molecule has 0 spiro atoms. The van der Waals surface area contributed by atoms with Crippen LogP contribution >= 0.6 is 0 Å². The molecule has 0 saturated carbocycles. The third-order valence-electron chi connectivity index (χ3n) is 3.16. The number of rotatable bonds is 1. The average molecular weight is 220 g/mol. The summed E-state index contributed by atoms with van der Waals surface area (Å²) in [6.07, 6.45) is 1.20. The van der Waals surface area contributed by atoms with Crippen molar-refractivity contribution in [1.29, 1.82) is 0 Å². The summed E-state index contributed by atoms with van der Waals surface area (Å²) in [4.78, 5) is 9.25. The first kappa shape index (κ1) is 11.2. The van der Waals surface area contributed by atoms with E-state index in [4.69, 9.17) is 5.73 Å². The van der Waals surface area contributed by atoms with Crippen molar-refractivity contribution in [1.82, 2.24) is 9.88 Å². The fourth-order valence-electron chi connectivity index (χ4n) is 2.01. The van der Waals surface area contributed by atoms with Gasteiger partial charge in [-0.15, -0.1) is 0 Å². The molecule has 1 aliphatic rings. The minimum Gasteiger partial charge on any atom is -0.397 e. The van der Waals surface area contributed by atoms with Gasteiger partial charge in [0.2, 0.25) is 0 Å². The van der Waals surface area contributed by atoms with Crippen LogP contribution in [-0.2, 0) is 0 Å². The number of aromatic nitrogens is 1. The highest BCUT2D eigenvalue weighted by molar-refractivity contribution is 5.50. The fraction of sp³-hybridized carbons (Fsp3) is 0.583. The van der Waals surface area contributed by atoms with Crippen molar-refractivity contribution in [2.24, 2.45) is 0 Å². The summed E-state index contributed by atoms with van der Waals surface area (Å²) in [5, 5.41) is 0. The Balaban J connectivity index is 2.13. The molecule has 0 aromatic carbocycles. The lowest BCUT2D eigenvalue weighted by molar-refractivity contribution is 0.360. The van der Waals surface area contributed by atoms with Crippen LogP contribution in [-0.4, -0.2) is 43.1 Å². The first-order chi connectivity index (χ1) is 7.66. The molecule has 0 bridgehead atoms. The molecule has 1 fully saturated rings. The van der Waals surface area contributed by atoms with Gasteiger partial charge >= 0.3 is 0 Å². The van der Waals surface area contributed by atoms with Crippen LogP contribution in [0.4, 0.5) is 11.5 Å². The normalized spacial score (nSPS) is 18.5. The maximum Gasteiger partial charge on any atom is 0.128 e. The first-order valence-corrected chi connectivity index (χ1v) is 5.83. The molecule has 0 amide bonds. The lowest BCUT2D eigenvalue weighted by Crippen LogP contribution is -2.29. The maximum atomic E-state index is 5.78. The highest BCUT2D eigenvalue weighted by Gasteiger charge is 2.13. The van der Waals surface area contributed by atoms with Gasteiger partial charge in [-0.1, -0.05) is 0 Å². The van der Waals surface area contributed by atoms with Crippen molar-refractivity contribution >= 4 is 11.5 Å². The highest BCUT2D eigenvalue weighted by atomic mass is 15.2. The predicted octanol–water partition coefficient (Wildman–Crippen LogP) is 1.11. The molecule has 16 heavy (non-hydrogen) atoms. The van der Waals surface area contributed by atoms with Gasteiger partial charge in [0.05, 0.1) is 11.4 Å². The second-order valence-corrected chi connectivity index (χ2v) is 4.49. The molecule has 4 nitrogen and oxygen atoms in total. The van der Waals surface area contributed by atoms with Crippen LogP contribution in [0.2, 0.25) is 0 Å². The number of hydrogen-bond acceptors (Lipinski definition) is 4. The molecule has 1 aliphatic heterocycles. The van der Waals surface area contributed by atoms with Gasteiger partial charge < -0.3 is 15.5 Å². The van der Waals surface area contributed by atoms with Gasteiger partial charge in [-0.05, 0) is 39.1 Å². The van der Waals surface area contributed by atoms with E-state index in [1.807, 2.05) is 19.1 Å². The zero-order valence-corrected chi connectivity index (χ0v) is 10.1. The second kappa shape index (κ2) is 4.70. The first-order valence-electron chi connectivity index (χ1n) is 5.83. The van der Waals surface area contributed by atoms with Gasteiger partial charge in [0.25, 0.3) is 0 Å². The minimum atomic E-state index is 0.774. The molecule has 2 N–H and O–H groups in total. The van der Waals surface area contributed by atoms with Gasteiger partial charge in [0.15, 0.2) is 0 Å². The van der Waals surface area contributed by atoms with Crippen LogP contribution in [0.1, 0.15) is 12.1 Å². The van der Waals surface area contributed by atoms with Crippen LogP contribution in [0.25, 0.3) is 0 Å². The molecule has 0 radical (unpaired) electrons. The van der Waals surface area contributed by atoms with Gasteiger partial charge in [-0.25, -0.2) is 4.98 Å². The van der Waals surface area contributed by atoms with E-state index in [1.54, 1.807) is 0 Å². The Bertz CT molecular complexity index is 364. The molecule has 88 valence electrons. The standard InChI is InChI=1S/C12H20N4/c1-10-11(13)4-5-12(14-10)16-7-3-6-15(2)8-9-16/h4-5H,3,6-9,13H2,1-2H3. The summed E-state index contributed by atoms with van der Waals surface area (Å²) < 4.78 is 0. The van der Waals surface area contributed by atoms with E-state index < -0.39 is 0 Å². The van der Waals surface area contributed by atoms with Gasteiger partial charge in [-0.3, -0.25) is 0 Å². The number of nitrogens with zero attached hydrogens (tertiary/aromatic N) is 3. The Morgan fingerprint density at radius 3 is 2.75 bits per heavy atom. The van der Waals surface area contributed by atoms with Crippen LogP contribution in [0.15, 0.2) is 12.1 Å². The summed E-state index contributed by atoms with van der Waals surface area (Å²) in [7, 11) is 2.17. The third-order valence-corrected chi connectivity index (χ3v) is 3.16. The highest BCUT2D eigenvalue weighted by Crippen LogP contribution is 2.17. The number of likely N-dealkylation sites (N-methyl/N-ethyl adjacent to an activating group) is 1. The van der Waals surface area contributed by atoms with E-state index >= 15 is 0 Å². The molecule has 4 heteroatoms. The number of hydrogen-bond donors (Lipinski definition) is 1. The van der Waals surface area contributed by atoms with Gasteiger partial charge in [0, 0.05) is 19.6 Å². The quantitative estimate of drug-likeness (QED) is 0.770. The number of nitrogens with two attached hydrogens (primary N) is 1. The molecule has 0 aliphatic carbocycles. The maximum absolute atomic E-state index is 5.78. The van der Waals surface area contributed by atoms with Crippen LogP contribution < -0.4 is 10.6 Å². The second-order valence-electron chi connectivity index (χ2n) is 4.49. The molecule has 1 aromatic heterocycles. The van der Waals surface area contributed by atoms with E-state index in [2.05, 4.69) is 21.8 Å². The number of anilines is 2. The van der Waals surface area contributed by atoms with Crippen molar-refractivity contribution in [2.75, 3.05) is 43.9 Å². The Hall–Kier alpha value is -1.29. The smallest absolute Gasteiger partial charge is 0.128 e. The SMILES string of the molecule is Cc1nc(N2CCCN(C)CC2)ccc1N. The van der Waals surface area contributed by atoms with Crippen LogP contribution in [0.5, 0.6) is 0 Å². The van der Waals surface area contributed by atoms with Gasteiger partial charge in [-0.2, -0.15) is 0 Å². The number of nitrogen functional groups attached to an aromatic ring is 1. The van der Waals surface area contributed by atoms with Crippen molar-refractivity contribution in [3.63, 3.8) is 0 Å². The number of pyridine rings is 1. The average Bonchev–Trinajstić information content (AvgIpc) is 2.47. The topological polar surface area (TPSA) is 45.4 Å². The van der Waals surface area contributed by atoms with Crippen LogP contribution in [0, 0.1) is 6.92 Å². The zero-order chi connectivity index (χ0) is 11.5. The third kappa shape index (κ3) is 2.44. The van der Waals surface area contributed by atoms with Crippen molar-refractivity contribution < 1.29 is 0 Å². The van der Waals surface area contributed by atoms with E-state index in [0.29, 0.717) is 0 Å². The van der Waals surface area contributed by atoms with Crippen molar-refractivity contribution in [3.8, 4) is 0 Å². The number of aryl methyl sites for hydroxylation is 1. The van der Waals surface area contributed by atoms with E-state index in [-0.39, 0.29) is 0 Å². The lowest BCUT2D eigenvalue weighted by atomic mass is 10.3. The fourth-order valence-corrected chi connectivity index (χ4v) is 2.01. The van der Waals surface area contributed by atoms with E-state index in [1.165, 1.54) is 13.0 Å². The summed E-state index contributed by atoms with van der Waals surface area (Å²) in [5.41, 5.74) is 7.48. The molecule has 2 rings (SSSR count). The minimum absolute atomic E-state index is 0.774. The van der Waals surface area contributed by atoms with Crippen LogP contribution in [0.3, 0.4) is 0 Å². The summed E-state index contributed by atoms with van der Waals surface area (Å²) >= 11 is 0. The summed E-state index contributed by atoms with van der Waals surface area (Å²) in [6, 6.07) is 3.97. The molecule has 0 unspecified atom stereocenters. The Labute approximate surface area is 97.1 Å². The molecule has 0 atom stereocenters.